The van der Waals surface area contributed by atoms with E-state index < -0.39 is 22.0 Å². The Morgan fingerprint density at radius 1 is 1.00 bits per heavy atom. The lowest BCUT2D eigenvalue weighted by molar-refractivity contribution is -0.137. The number of rotatable bonds is 11. The number of nitrogens with one attached hydrogen (secondary N) is 1. The predicted octanol–water partition coefficient (Wildman–Crippen LogP) is 3.79. The average molecular weight is 523 g/mol. The molecular formula is C28H30N2O6S. The third-order valence-electron chi connectivity index (χ3n) is 6.25. The summed E-state index contributed by atoms with van der Waals surface area (Å²) in [6.07, 6.45) is 1.03. The molecule has 0 saturated heterocycles. The van der Waals surface area contributed by atoms with Crippen LogP contribution in [-0.4, -0.2) is 50.0 Å². The number of carbonyl (C=O) groups excluding carboxylic acids is 1. The lowest BCUT2D eigenvalue weighted by Gasteiger charge is -2.37. The average Bonchev–Trinajstić information content (AvgIpc) is 2.90. The second-order valence-corrected chi connectivity index (χ2v) is 10.7. The third kappa shape index (κ3) is 7.18. The van der Waals surface area contributed by atoms with Gasteiger partial charge in [-0.1, -0.05) is 54.6 Å². The number of carboxylic acids is 1. The molecule has 0 bridgehead atoms. The first kappa shape index (κ1) is 26.4. The number of sulfonamides is 1. The fourth-order valence-corrected chi connectivity index (χ4v) is 5.60. The molecule has 1 amide bonds. The molecule has 3 aromatic rings. The summed E-state index contributed by atoms with van der Waals surface area (Å²) in [6.45, 7) is 0.750. The van der Waals surface area contributed by atoms with Crippen molar-refractivity contribution in [2.24, 2.45) is 0 Å². The number of amides is 1. The van der Waals surface area contributed by atoms with Crippen molar-refractivity contribution in [3.05, 3.63) is 101 Å². The first-order chi connectivity index (χ1) is 17.8. The topological polar surface area (TPSA) is 113 Å². The van der Waals surface area contributed by atoms with Gasteiger partial charge in [-0.15, -0.1) is 0 Å². The Morgan fingerprint density at radius 2 is 1.70 bits per heavy atom. The quantitative estimate of drug-likeness (QED) is 0.371. The molecule has 37 heavy (non-hydrogen) atoms. The van der Waals surface area contributed by atoms with Crippen molar-refractivity contribution < 1.29 is 27.9 Å². The lowest BCUT2D eigenvalue weighted by atomic mass is 9.91. The van der Waals surface area contributed by atoms with Crippen molar-refractivity contribution in [2.45, 2.75) is 31.1 Å². The van der Waals surface area contributed by atoms with Gasteiger partial charge in [-0.3, -0.25) is 9.59 Å². The van der Waals surface area contributed by atoms with Crippen molar-refractivity contribution in [1.82, 2.24) is 9.62 Å². The zero-order chi connectivity index (χ0) is 26.3. The first-order valence-electron chi connectivity index (χ1n) is 12.2. The van der Waals surface area contributed by atoms with Gasteiger partial charge in [0.05, 0.1) is 18.4 Å². The minimum Gasteiger partial charge on any atom is -0.494 e. The van der Waals surface area contributed by atoms with Gasteiger partial charge in [-0.2, -0.15) is 0 Å². The van der Waals surface area contributed by atoms with Crippen LogP contribution < -0.4 is 9.46 Å². The maximum atomic E-state index is 13.4. The van der Waals surface area contributed by atoms with E-state index >= 15 is 0 Å². The van der Waals surface area contributed by atoms with E-state index in [0.29, 0.717) is 36.3 Å². The summed E-state index contributed by atoms with van der Waals surface area (Å²) in [5.74, 6) is -0.555. The molecule has 0 fully saturated rings. The Hall–Kier alpha value is -3.69. The maximum Gasteiger partial charge on any atom is 0.303 e. The van der Waals surface area contributed by atoms with Gasteiger partial charge in [0.2, 0.25) is 10.0 Å². The third-order valence-corrected chi connectivity index (χ3v) is 7.57. The van der Waals surface area contributed by atoms with Gasteiger partial charge in [0.25, 0.3) is 5.91 Å². The summed E-state index contributed by atoms with van der Waals surface area (Å²) < 4.78 is 34.2. The number of ether oxygens (including phenoxy) is 1. The van der Waals surface area contributed by atoms with E-state index in [2.05, 4.69) is 4.72 Å². The minimum absolute atomic E-state index is 0.0344. The fraction of sp³-hybridized carbons (Fsp3) is 0.286. The van der Waals surface area contributed by atoms with Gasteiger partial charge in [0, 0.05) is 25.1 Å². The molecule has 2 N–H and O–H groups in total. The van der Waals surface area contributed by atoms with E-state index in [4.69, 9.17) is 9.84 Å². The molecule has 1 aliphatic rings. The largest absolute Gasteiger partial charge is 0.494 e. The van der Waals surface area contributed by atoms with Crippen LogP contribution in [-0.2, 0) is 27.0 Å². The Balaban J connectivity index is 1.54. The zero-order valence-electron chi connectivity index (χ0n) is 20.4. The fourth-order valence-electron chi connectivity index (χ4n) is 4.45. The second-order valence-electron chi connectivity index (χ2n) is 8.93. The van der Waals surface area contributed by atoms with Crippen LogP contribution >= 0.6 is 0 Å². The molecule has 9 heteroatoms. The molecule has 0 radical (unpaired) electrons. The van der Waals surface area contributed by atoms with Gasteiger partial charge in [-0.05, 0) is 53.8 Å². The van der Waals surface area contributed by atoms with Gasteiger partial charge in [0.1, 0.15) is 5.75 Å². The number of nitrogens with zero attached hydrogens (tertiary/aromatic N) is 1. The second kappa shape index (κ2) is 12.0. The van der Waals surface area contributed by atoms with Crippen molar-refractivity contribution in [2.75, 3.05) is 19.7 Å². The highest BCUT2D eigenvalue weighted by Gasteiger charge is 2.32. The number of hydrogen-bond donors (Lipinski definition) is 2. The summed E-state index contributed by atoms with van der Waals surface area (Å²) in [7, 11) is -3.64. The Bertz CT molecular complexity index is 1330. The molecule has 3 aromatic carbocycles. The highest BCUT2D eigenvalue weighted by atomic mass is 32.2. The molecule has 0 aromatic heterocycles. The van der Waals surface area contributed by atoms with Gasteiger partial charge >= 0.3 is 5.97 Å². The summed E-state index contributed by atoms with van der Waals surface area (Å²) in [5.41, 5.74) is 3.05. The van der Waals surface area contributed by atoms with Crippen molar-refractivity contribution in [1.29, 1.82) is 0 Å². The number of carboxylic acid groups (broad SMARTS) is 1. The summed E-state index contributed by atoms with van der Waals surface area (Å²) in [6, 6.07) is 22.9. The molecule has 1 aliphatic heterocycles. The van der Waals surface area contributed by atoms with Crippen molar-refractivity contribution in [3.8, 4) is 5.75 Å². The standard InChI is InChI=1S/C28H30N2O6S/c31-27(32)12-7-17-36-24-13-14-25-23(18-24)15-16-30(28(33)22-10-5-2-6-11-22)26(25)19-29-37(34,35)20-21-8-3-1-4-9-21/h1-6,8-11,13-14,18,26,29H,7,12,15-17,19-20H2,(H,31,32). The minimum atomic E-state index is -3.64. The van der Waals surface area contributed by atoms with Crippen molar-refractivity contribution >= 4 is 21.9 Å². The van der Waals surface area contributed by atoms with Gasteiger partial charge < -0.3 is 14.7 Å². The lowest BCUT2D eigenvalue weighted by Crippen LogP contribution is -2.45. The smallest absolute Gasteiger partial charge is 0.303 e. The van der Waals surface area contributed by atoms with E-state index in [9.17, 15) is 18.0 Å². The molecule has 1 unspecified atom stereocenters. The maximum absolute atomic E-state index is 13.4. The number of carbonyl (C=O) groups is 2. The highest BCUT2D eigenvalue weighted by Crippen LogP contribution is 2.33. The number of hydrogen-bond acceptors (Lipinski definition) is 5. The Kier molecular flexibility index (Phi) is 8.58. The summed E-state index contributed by atoms with van der Waals surface area (Å²) in [4.78, 5) is 25.9. The predicted molar refractivity (Wildman–Crippen MR) is 140 cm³/mol. The highest BCUT2D eigenvalue weighted by molar-refractivity contribution is 7.88. The van der Waals surface area contributed by atoms with E-state index in [-0.39, 0.29) is 31.2 Å². The normalized spacial score (nSPS) is 15.1. The van der Waals surface area contributed by atoms with Crippen molar-refractivity contribution in [3.63, 3.8) is 0 Å². The molecule has 0 saturated carbocycles. The van der Waals surface area contributed by atoms with E-state index in [1.54, 1.807) is 59.5 Å². The van der Waals surface area contributed by atoms with Crippen LogP contribution in [0.1, 0.15) is 45.9 Å². The first-order valence-corrected chi connectivity index (χ1v) is 13.8. The molecule has 194 valence electrons. The van der Waals surface area contributed by atoms with E-state index in [1.165, 1.54) is 0 Å². The van der Waals surface area contributed by atoms with Gasteiger partial charge in [0.15, 0.2) is 0 Å². The summed E-state index contributed by atoms with van der Waals surface area (Å²) in [5, 5.41) is 8.80. The molecule has 1 heterocycles. The van der Waals surface area contributed by atoms with Crippen LogP contribution in [0, 0.1) is 0 Å². The van der Waals surface area contributed by atoms with Crippen LogP contribution in [0.15, 0.2) is 78.9 Å². The van der Waals surface area contributed by atoms with Crippen LogP contribution in [0.2, 0.25) is 0 Å². The number of fused-ring (bicyclic) bond motifs is 1. The zero-order valence-corrected chi connectivity index (χ0v) is 21.2. The molecule has 4 rings (SSSR count). The molecule has 0 aliphatic carbocycles. The monoisotopic (exact) mass is 522 g/mol. The van der Waals surface area contributed by atoms with Crippen LogP contribution in [0.4, 0.5) is 0 Å². The number of benzene rings is 3. The number of aliphatic carboxylic acids is 1. The van der Waals surface area contributed by atoms with E-state index in [0.717, 1.165) is 11.1 Å². The Labute approximate surface area is 216 Å². The van der Waals surface area contributed by atoms with Crippen LogP contribution in [0.25, 0.3) is 0 Å². The molecular weight excluding hydrogens is 492 g/mol. The molecule has 0 spiro atoms. The van der Waals surface area contributed by atoms with Gasteiger partial charge in [-0.25, -0.2) is 13.1 Å². The molecule has 1 atom stereocenters. The summed E-state index contributed by atoms with van der Waals surface area (Å²) >= 11 is 0. The van der Waals surface area contributed by atoms with E-state index in [1.807, 2.05) is 24.3 Å². The molecule has 8 nitrogen and oxygen atoms in total. The Morgan fingerprint density at radius 3 is 2.41 bits per heavy atom. The SMILES string of the molecule is O=C(O)CCCOc1ccc2c(c1)CCN(C(=O)c1ccccc1)C2CNS(=O)(=O)Cc1ccccc1. The van der Waals surface area contributed by atoms with Crippen LogP contribution in [0.3, 0.4) is 0 Å². The van der Waals surface area contributed by atoms with Crippen LogP contribution in [0.5, 0.6) is 5.75 Å².